The normalized spacial score (nSPS) is 10.3. The highest BCUT2D eigenvalue weighted by atomic mass is 79.9. The Balaban J connectivity index is 1.61. The van der Waals surface area contributed by atoms with Gasteiger partial charge in [0.2, 0.25) is 0 Å². The molecular weight excluding hydrogens is 523 g/mol. The minimum absolute atomic E-state index is 0.0131. The van der Waals surface area contributed by atoms with Crippen LogP contribution in [0, 0.1) is 5.82 Å². The molecule has 3 aromatic carbocycles. The first-order valence-electron chi connectivity index (χ1n) is 8.32. The molecule has 0 aliphatic rings. The number of rotatable bonds is 4. The van der Waals surface area contributed by atoms with Gasteiger partial charge in [0, 0.05) is 26.0 Å². The Morgan fingerprint density at radius 1 is 0.862 bits per heavy atom. The van der Waals surface area contributed by atoms with Crippen LogP contribution in [0.4, 0.5) is 27.1 Å². The van der Waals surface area contributed by atoms with Crippen LogP contribution in [0.1, 0.15) is 10.4 Å². The lowest BCUT2D eigenvalue weighted by molar-refractivity contribution is 0.102. The second-order valence-electron chi connectivity index (χ2n) is 5.94. The summed E-state index contributed by atoms with van der Waals surface area (Å²) in [5.74, 6) is -1.08. The van der Waals surface area contributed by atoms with Crippen LogP contribution in [-0.4, -0.2) is 11.0 Å². The van der Waals surface area contributed by atoms with Gasteiger partial charge in [-0.3, -0.25) is 4.79 Å². The molecule has 0 aliphatic heterocycles. The molecule has 0 aromatic heterocycles. The van der Waals surface area contributed by atoms with E-state index in [4.69, 9.17) is 18.0 Å². The maximum atomic E-state index is 13.7. The van der Waals surface area contributed by atoms with Crippen LogP contribution < -0.4 is 21.7 Å². The van der Waals surface area contributed by atoms with E-state index in [9.17, 15) is 9.18 Å². The molecule has 0 aliphatic carbocycles. The van der Waals surface area contributed by atoms with Crippen LogP contribution in [0.3, 0.4) is 0 Å². The predicted molar refractivity (Wildman–Crippen MR) is 127 cm³/mol. The zero-order valence-corrected chi connectivity index (χ0v) is 18.8. The largest absolute Gasteiger partial charge is 0.397 e. The van der Waals surface area contributed by atoms with Crippen molar-refractivity contribution < 1.29 is 9.18 Å². The molecule has 3 rings (SSSR count). The number of nitrogens with one attached hydrogen (secondary N) is 3. The molecule has 0 unspecified atom stereocenters. The van der Waals surface area contributed by atoms with Gasteiger partial charge in [-0.05, 0) is 92.6 Å². The number of hydrogen-bond acceptors (Lipinski definition) is 3. The summed E-state index contributed by atoms with van der Waals surface area (Å²) in [5.41, 5.74) is 8.48. The van der Waals surface area contributed by atoms with Gasteiger partial charge in [0.1, 0.15) is 5.82 Å². The van der Waals surface area contributed by atoms with Gasteiger partial charge in [0.25, 0.3) is 5.91 Å². The monoisotopic (exact) mass is 536 g/mol. The van der Waals surface area contributed by atoms with E-state index in [0.717, 1.165) is 20.3 Å². The van der Waals surface area contributed by atoms with E-state index in [-0.39, 0.29) is 5.56 Å². The minimum Gasteiger partial charge on any atom is -0.397 e. The van der Waals surface area contributed by atoms with Gasteiger partial charge >= 0.3 is 0 Å². The van der Waals surface area contributed by atoms with Crippen molar-refractivity contribution in [1.29, 1.82) is 0 Å². The molecule has 0 saturated carbocycles. The molecular formula is C20H15Br2FN4OS. The Hall–Kier alpha value is -2.49. The molecule has 0 fully saturated rings. The molecule has 0 radical (unpaired) electrons. The summed E-state index contributed by atoms with van der Waals surface area (Å²) < 4.78 is 15.2. The first-order valence-corrected chi connectivity index (χ1v) is 10.3. The van der Waals surface area contributed by atoms with Crippen molar-refractivity contribution in [1.82, 2.24) is 0 Å². The molecule has 0 atom stereocenters. The molecule has 5 nitrogen and oxygen atoms in total. The van der Waals surface area contributed by atoms with E-state index in [2.05, 4.69) is 47.8 Å². The Morgan fingerprint density at radius 2 is 1.38 bits per heavy atom. The van der Waals surface area contributed by atoms with E-state index in [1.807, 2.05) is 12.1 Å². The van der Waals surface area contributed by atoms with Crippen molar-refractivity contribution in [2.45, 2.75) is 0 Å². The highest BCUT2D eigenvalue weighted by Crippen LogP contribution is 2.31. The molecule has 9 heteroatoms. The lowest BCUT2D eigenvalue weighted by Crippen LogP contribution is -2.19. The van der Waals surface area contributed by atoms with Gasteiger partial charge in [0.05, 0.1) is 11.3 Å². The summed E-state index contributed by atoms with van der Waals surface area (Å²) >= 11 is 12.1. The summed E-state index contributed by atoms with van der Waals surface area (Å²) in [6.07, 6.45) is 0. The quantitative estimate of drug-likeness (QED) is 0.243. The highest BCUT2D eigenvalue weighted by molar-refractivity contribution is 9.11. The first-order chi connectivity index (χ1) is 13.8. The fourth-order valence-electron chi connectivity index (χ4n) is 2.43. The molecule has 5 N–H and O–H groups in total. The third kappa shape index (κ3) is 5.53. The number of benzene rings is 3. The van der Waals surface area contributed by atoms with Crippen molar-refractivity contribution in [2.24, 2.45) is 0 Å². The maximum Gasteiger partial charge on any atom is 0.258 e. The number of carbonyl (C=O) groups is 1. The standard InChI is InChI=1S/C20H15Br2FN4OS/c21-15-9-13(10-16(22)18(15)24)27-20(29)26-12-7-5-11(6-8-12)25-19(28)14-3-1-2-4-17(14)23/h1-10H,24H2,(H,25,28)(H2,26,27,29). The number of carbonyl (C=O) groups excluding carboxylic acids is 1. The van der Waals surface area contributed by atoms with Gasteiger partial charge < -0.3 is 21.7 Å². The number of hydrogen-bond donors (Lipinski definition) is 4. The SMILES string of the molecule is Nc1c(Br)cc(NC(=S)Nc2ccc(NC(=O)c3ccccc3F)cc2)cc1Br. The van der Waals surface area contributed by atoms with Crippen LogP contribution in [0.15, 0.2) is 69.6 Å². The molecule has 0 spiro atoms. The first kappa shape index (κ1) is 21.2. The average Bonchev–Trinajstić information content (AvgIpc) is 2.67. The van der Waals surface area contributed by atoms with E-state index >= 15 is 0 Å². The van der Waals surface area contributed by atoms with E-state index in [1.165, 1.54) is 18.2 Å². The summed E-state index contributed by atoms with van der Waals surface area (Å²) in [4.78, 5) is 12.2. The number of nitrogen functional groups attached to an aromatic ring is 1. The van der Waals surface area contributed by atoms with Crippen LogP contribution >= 0.6 is 44.1 Å². The van der Waals surface area contributed by atoms with Crippen molar-refractivity contribution in [3.8, 4) is 0 Å². The third-order valence-electron chi connectivity index (χ3n) is 3.86. The van der Waals surface area contributed by atoms with Crippen LogP contribution in [-0.2, 0) is 0 Å². The number of amides is 1. The smallest absolute Gasteiger partial charge is 0.258 e. The summed E-state index contributed by atoms with van der Waals surface area (Å²) in [7, 11) is 0. The topological polar surface area (TPSA) is 79.2 Å². The molecule has 0 saturated heterocycles. The Labute approximate surface area is 189 Å². The van der Waals surface area contributed by atoms with E-state index in [1.54, 1.807) is 30.3 Å². The summed E-state index contributed by atoms with van der Waals surface area (Å²) in [6.45, 7) is 0. The lowest BCUT2D eigenvalue weighted by Gasteiger charge is -2.13. The van der Waals surface area contributed by atoms with Gasteiger partial charge in [-0.25, -0.2) is 4.39 Å². The Bertz CT molecular complexity index is 1050. The fourth-order valence-corrected chi connectivity index (χ4v) is 3.85. The zero-order valence-electron chi connectivity index (χ0n) is 14.8. The molecule has 0 bridgehead atoms. The van der Waals surface area contributed by atoms with Gasteiger partial charge in [0.15, 0.2) is 5.11 Å². The highest BCUT2D eigenvalue weighted by Gasteiger charge is 2.11. The van der Waals surface area contributed by atoms with Crippen molar-refractivity contribution in [3.05, 3.63) is 81.0 Å². The minimum atomic E-state index is -0.569. The number of nitrogens with two attached hydrogens (primary N) is 1. The second-order valence-corrected chi connectivity index (χ2v) is 8.06. The van der Waals surface area contributed by atoms with Crippen molar-refractivity contribution in [2.75, 3.05) is 21.7 Å². The lowest BCUT2D eigenvalue weighted by atomic mass is 10.2. The molecule has 3 aromatic rings. The van der Waals surface area contributed by atoms with E-state index < -0.39 is 11.7 Å². The van der Waals surface area contributed by atoms with Gasteiger partial charge in [-0.2, -0.15) is 0 Å². The third-order valence-corrected chi connectivity index (χ3v) is 5.37. The van der Waals surface area contributed by atoms with Crippen molar-refractivity contribution in [3.63, 3.8) is 0 Å². The van der Waals surface area contributed by atoms with Gasteiger partial charge in [-0.1, -0.05) is 12.1 Å². The van der Waals surface area contributed by atoms with Crippen LogP contribution in [0.25, 0.3) is 0 Å². The Kier molecular flexibility index (Phi) is 6.83. The molecule has 0 heterocycles. The molecule has 29 heavy (non-hydrogen) atoms. The van der Waals surface area contributed by atoms with Crippen molar-refractivity contribution >= 4 is 77.8 Å². The maximum absolute atomic E-state index is 13.7. The molecule has 1 amide bonds. The van der Waals surface area contributed by atoms with Gasteiger partial charge in [-0.15, -0.1) is 0 Å². The molecule has 148 valence electrons. The fraction of sp³-hybridized carbons (Fsp3) is 0. The number of halogens is 3. The van der Waals surface area contributed by atoms with E-state index in [0.29, 0.717) is 16.5 Å². The second kappa shape index (κ2) is 9.34. The number of thiocarbonyl (C=S) groups is 1. The summed E-state index contributed by atoms with van der Waals surface area (Å²) in [5, 5.41) is 9.16. The summed E-state index contributed by atoms with van der Waals surface area (Å²) in [6, 6.07) is 16.3. The van der Waals surface area contributed by atoms with Crippen LogP contribution in [0.2, 0.25) is 0 Å². The Morgan fingerprint density at radius 3 is 1.97 bits per heavy atom. The average molecular weight is 538 g/mol. The number of anilines is 4. The zero-order chi connectivity index (χ0) is 21.0. The predicted octanol–water partition coefficient (Wildman–Crippen LogP) is 5.99. The van der Waals surface area contributed by atoms with Crippen LogP contribution in [0.5, 0.6) is 0 Å².